The predicted molar refractivity (Wildman–Crippen MR) is 152 cm³/mol. The van der Waals surface area contributed by atoms with E-state index in [-0.39, 0.29) is 0 Å². The third-order valence-electron chi connectivity index (χ3n) is 6.71. The molecule has 0 spiro atoms. The molecule has 196 valence electrons. The minimum absolute atomic E-state index is 0.368. The molecule has 0 aliphatic carbocycles. The van der Waals surface area contributed by atoms with Crippen molar-refractivity contribution >= 4 is 49.8 Å². The Balaban J connectivity index is 1.43. The third-order valence-corrected chi connectivity index (χ3v) is 7.87. The Bertz CT molecular complexity index is 1610. The molecule has 1 aliphatic heterocycles. The van der Waals surface area contributed by atoms with Gasteiger partial charge < -0.3 is 20.1 Å². The van der Waals surface area contributed by atoms with Crippen LogP contribution in [0.25, 0.3) is 15.9 Å². The molecule has 0 radical (unpaired) electrons. The number of aromatic nitrogens is 3. The number of nitrogens with zero attached hydrogens (tertiary/aromatic N) is 6. The van der Waals surface area contributed by atoms with Crippen molar-refractivity contribution in [3.05, 3.63) is 77.9 Å². The van der Waals surface area contributed by atoms with Crippen LogP contribution in [0.2, 0.25) is 0 Å². The van der Waals surface area contributed by atoms with Crippen LogP contribution in [0, 0.1) is 6.57 Å². The van der Waals surface area contributed by atoms with Crippen LogP contribution in [0.3, 0.4) is 0 Å². The second-order valence-electron chi connectivity index (χ2n) is 9.51. The molecule has 1 aliphatic rings. The third kappa shape index (κ3) is 5.27. The summed E-state index contributed by atoms with van der Waals surface area (Å²) in [5, 5.41) is 7.60. The molecule has 5 rings (SSSR count). The highest BCUT2D eigenvalue weighted by molar-refractivity contribution is 7.92. The maximum absolute atomic E-state index is 12.1. The number of hydrogen-bond donors (Lipinski definition) is 2. The molecular weight excluding hydrogens is 500 g/mol. The molecule has 1 aromatic carbocycles. The molecular formula is C27H30N8O2S. The Labute approximate surface area is 222 Å². The van der Waals surface area contributed by atoms with Gasteiger partial charge in [-0.3, -0.25) is 4.31 Å². The average molecular weight is 531 g/mol. The Morgan fingerprint density at radius 1 is 1.24 bits per heavy atom. The van der Waals surface area contributed by atoms with E-state index in [1.165, 1.54) is 11.4 Å². The highest BCUT2D eigenvalue weighted by Gasteiger charge is 2.19. The van der Waals surface area contributed by atoms with Crippen molar-refractivity contribution in [2.45, 2.75) is 19.5 Å². The van der Waals surface area contributed by atoms with Gasteiger partial charge in [0.15, 0.2) is 0 Å². The van der Waals surface area contributed by atoms with E-state index in [4.69, 9.17) is 11.6 Å². The number of rotatable bonds is 7. The van der Waals surface area contributed by atoms with Crippen molar-refractivity contribution in [1.82, 2.24) is 19.9 Å². The van der Waals surface area contributed by atoms with Crippen LogP contribution in [0.4, 0.5) is 28.7 Å². The van der Waals surface area contributed by atoms with Gasteiger partial charge in [-0.15, -0.1) is 0 Å². The van der Waals surface area contributed by atoms with Gasteiger partial charge in [0.2, 0.25) is 15.7 Å². The summed E-state index contributed by atoms with van der Waals surface area (Å²) >= 11 is 0. The molecule has 10 nitrogen and oxygen atoms in total. The molecule has 0 amide bonds. The number of benzene rings is 1. The summed E-state index contributed by atoms with van der Waals surface area (Å²) < 4.78 is 27.4. The maximum atomic E-state index is 12.1. The lowest BCUT2D eigenvalue weighted by atomic mass is 10.2. The highest BCUT2D eigenvalue weighted by Crippen LogP contribution is 2.32. The molecule has 1 fully saturated rings. The Hall–Kier alpha value is -4.14. The predicted octanol–water partition coefficient (Wildman–Crippen LogP) is 3.97. The molecule has 0 bridgehead atoms. The van der Waals surface area contributed by atoms with Crippen LogP contribution in [-0.2, 0) is 16.6 Å². The van der Waals surface area contributed by atoms with Crippen LogP contribution in [-0.4, -0.2) is 61.9 Å². The average Bonchev–Trinajstić information content (AvgIpc) is 3.29. The highest BCUT2D eigenvalue weighted by atomic mass is 32.2. The number of hydrogen-bond acceptors (Lipinski definition) is 7. The largest absolute Gasteiger partial charge is 0.369 e. The van der Waals surface area contributed by atoms with Crippen LogP contribution in [0.1, 0.15) is 12.5 Å². The van der Waals surface area contributed by atoms with E-state index < -0.39 is 10.0 Å². The zero-order valence-corrected chi connectivity index (χ0v) is 22.4. The number of nitrogens with one attached hydrogen (secondary N) is 2. The number of piperazine rings is 1. The van der Waals surface area contributed by atoms with Crippen LogP contribution >= 0.6 is 0 Å². The van der Waals surface area contributed by atoms with E-state index in [1.54, 1.807) is 12.3 Å². The van der Waals surface area contributed by atoms with Crippen molar-refractivity contribution in [1.29, 1.82) is 0 Å². The molecule has 0 saturated carbocycles. The summed E-state index contributed by atoms with van der Waals surface area (Å²) in [7, 11) is -1.98. The van der Waals surface area contributed by atoms with Crippen molar-refractivity contribution in [3.8, 4) is 0 Å². The fraction of sp³-hybridized carbons (Fsp3) is 0.296. The van der Waals surface area contributed by atoms with E-state index in [2.05, 4.69) is 44.4 Å². The molecule has 4 aromatic rings. The second-order valence-corrected chi connectivity index (χ2v) is 11.5. The van der Waals surface area contributed by atoms with E-state index in [1.807, 2.05) is 41.1 Å². The lowest BCUT2D eigenvalue weighted by Gasteiger charge is -2.33. The topological polar surface area (TPSA) is 99.8 Å². The molecule has 4 heterocycles. The van der Waals surface area contributed by atoms with Crippen molar-refractivity contribution in [3.63, 3.8) is 0 Å². The molecule has 1 atom stereocenters. The van der Waals surface area contributed by atoms with E-state index in [0.29, 0.717) is 35.6 Å². The van der Waals surface area contributed by atoms with Gasteiger partial charge >= 0.3 is 0 Å². The number of fused-ring (bicyclic) bond motifs is 1. The molecule has 11 heteroatoms. The summed E-state index contributed by atoms with van der Waals surface area (Å²) in [5.41, 5.74) is 3.85. The van der Waals surface area contributed by atoms with Crippen LogP contribution < -0.4 is 19.8 Å². The van der Waals surface area contributed by atoms with Crippen molar-refractivity contribution < 1.29 is 8.42 Å². The zero-order valence-electron chi connectivity index (χ0n) is 21.6. The smallest absolute Gasteiger partial charge is 0.233 e. The van der Waals surface area contributed by atoms with Crippen LogP contribution in [0.15, 0.2) is 60.9 Å². The lowest BCUT2D eigenvalue weighted by molar-refractivity contribution is 0.485. The first-order valence-corrected chi connectivity index (χ1v) is 14.2. The summed E-state index contributed by atoms with van der Waals surface area (Å²) in [4.78, 5) is 15.2. The zero-order chi connectivity index (χ0) is 26.9. The summed E-state index contributed by atoms with van der Waals surface area (Å²) in [6.45, 7) is 13.1. The van der Waals surface area contributed by atoms with Gasteiger partial charge in [-0.2, -0.15) is 0 Å². The van der Waals surface area contributed by atoms with E-state index in [0.717, 1.165) is 48.2 Å². The number of sulfonamides is 1. The SMILES string of the molecule is [C-]#[N+]c1cc2ccn(Cc3cccnc3N(C)S(C)(=O)=O)c2nc1Nc1ccc(N2CCN[C@@H](C)C2)cc1. The van der Waals surface area contributed by atoms with E-state index >= 15 is 0 Å². The monoisotopic (exact) mass is 530 g/mol. The lowest BCUT2D eigenvalue weighted by Crippen LogP contribution is -2.49. The molecule has 3 aromatic heterocycles. The maximum Gasteiger partial charge on any atom is 0.233 e. The van der Waals surface area contributed by atoms with Gasteiger partial charge in [-0.25, -0.2) is 23.2 Å². The van der Waals surface area contributed by atoms with Crippen molar-refractivity contribution in [2.75, 3.05) is 47.5 Å². The van der Waals surface area contributed by atoms with Gasteiger partial charge in [-0.05, 0) is 49.4 Å². The van der Waals surface area contributed by atoms with Gasteiger partial charge in [0, 0.05) is 67.4 Å². The fourth-order valence-corrected chi connectivity index (χ4v) is 5.12. The summed E-state index contributed by atoms with van der Waals surface area (Å²) in [5.74, 6) is 0.836. The quantitative estimate of drug-likeness (QED) is 0.349. The Morgan fingerprint density at radius 2 is 2.03 bits per heavy atom. The minimum atomic E-state index is -3.47. The van der Waals surface area contributed by atoms with Crippen LogP contribution in [0.5, 0.6) is 0 Å². The Kier molecular flexibility index (Phi) is 6.93. The summed E-state index contributed by atoms with van der Waals surface area (Å²) in [6, 6.07) is 16.0. The van der Waals surface area contributed by atoms with Gasteiger partial charge in [0.05, 0.1) is 19.4 Å². The van der Waals surface area contributed by atoms with Gasteiger partial charge in [0.25, 0.3) is 0 Å². The first kappa shape index (κ1) is 25.5. The molecule has 2 N–H and O–H groups in total. The minimum Gasteiger partial charge on any atom is -0.369 e. The Morgan fingerprint density at radius 3 is 2.74 bits per heavy atom. The fourth-order valence-electron chi connectivity index (χ4n) is 4.64. The second kappa shape index (κ2) is 10.3. The van der Waals surface area contributed by atoms with Gasteiger partial charge in [0.1, 0.15) is 17.3 Å². The summed E-state index contributed by atoms with van der Waals surface area (Å²) in [6.07, 6.45) is 4.61. The van der Waals surface area contributed by atoms with E-state index in [9.17, 15) is 8.42 Å². The number of pyridine rings is 2. The first-order chi connectivity index (χ1) is 18.2. The standard InChI is InChI=1S/C27H30N8O2S/c1-19-17-34(15-13-29-19)23-9-7-22(8-10-23)31-25-24(28-2)16-20-11-14-35(27(20)32-25)18-21-6-5-12-30-26(21)33(3)38(4,36)37/h5-12,14,16,19,29H,13,15,17-18H2,1,3-4H3,(H,31,32)/t19-/m0/s1. The first-order valence-electron chi connectivity index (χ1n) is 12.3. The number of anilines is 4. The van der Waals surface area contributed by atoms with Gasteiger partial charge in [-0.1, -0.05) is 6.07 Å². The normalized spacial score (nSPS) is 15.8. The molecule has 1 saturated heterocycles. The van der Waals surface area contributed by atoms with Crippen molar-refractivity contribution in [2.24, 2.45) is 0 Å². The molecule has 38 heavy (non-hydrogen) atoms. The molecule has 0 unspecified atom stereocenters.